The van der Waals surface area contributed by atoms with Crippen LogP contribution in [-0.4, -0.2) is 22.6 Å². The van der Waals surface area contributed by atoms with Crippen LogP contribution < -0.4 is 5.32 Å². The normalized spacial score (nSPS) is 11.7. The van der Waals surface area contributed by atoms with Gasteiger partial charge in [-0.05, 0) is 31.4 Å². The minimum atomic E-state index is -0.821. The Kier molecular flexibility index (Phi) is 4.67. The first-order valence-corrected chi connectivity index (χ1v) is 5.78. The van der Waals surface area contributed by atoms with Crippen molar-refractivity contribution < 1.29 is 9.90 Å². The van der Waals surface area contributed by atoms with E-state index in [2.05, 4.69) is 16.4 Å². The number of carbonyl (C=O) groups is 1. The van der Waals surface area contributed by atoms with Crippen molar-refractivity contribution in [3.8, 4) is 6.07 Å². The molecule has 0 aliphatic heterocycles. The molecule has 96 valence electrons. The molecule has 2 N–H and O–H groups in total. The highest BCUT2D eigenvalue weighted by molar-refractivity contribution is 5.67. The second-order valence-corrected chi connectivity index (χ2v) is 4.50. The van der Waals surface area contributed by atoms with E-state index in [0.717, 1.165) is 11.3 Å². The van der Waals surface area contributed by atoms with Gasteiger partial charge < -0.3 is 10.4 Å². The predicted molar refractivity (Wildman–Crippen MR) is 68.3 cm³/mol. The Labute approximate surface area is 106 Å². The number of nitriles is 1. The zero-order valence-corrected chi connectivity index (χ0v) is 10.8. The molecule has 0 aliphatic rings. The van der Waals surface area contributed by atoms with Gasteiger partial charge in [0.1, 0.15) is 11.9 Å². The lowest BCUT2D eigenvalue weighted by molar-refractivity contribution is -0.137. The van der Waals surface area contributed by atoms with Crippen molar-refractivity contribution in [3.05, 3.63) is 22.9 Å². The second kappa shape index (κ2) is 6.01. The molecule has 0 fully saturated rings. The molecule has 5 nitrogen and oxygen atoms in total. The molecule has 0 radical (unpaired) electrons. The molecule has 18 heavy (non-hydrogen) atoms. The van der Waals surface area contributed by atoms with Crippen LogP contribution in [0.4, 0.5) is 5.82 Å². The van der Waals surface area contributed by atoms with Gasteiger partial charge in [-0.15, -0.1) is 0 Å². The van der Waals surface area contributed by atoms with Gasteiger partial charge in [0.2, 0.25) is 0 Å². The summed E-state index contributed by atoms with van der Waals surface area (Å²) in [5, 5.41) is 20.8. The van der Waals surface area contributed by atoms with Crippen molar-refractivity contribution in [3.63, 3.8) is 0 Å². The van der Waals surface area contributed by atoms with Crippen LogP contribution in [0.15, 0.2) is 6.07 Å². The van der Waals surface area contributed by atoms with Crippen LogP contribution in [0, 0.1) is 31.1 Å². The maximum absolute atomic E-state index is 10.6. The molecular weight excluding hydrogens is 230 g/mol. The fourth-order valence-electron chi connectivity index (χ4n) is 1.75. The van der Waals surface area contributed by atoms with Crippen molar-refractivity contribution in [2.45, 2.75) is 27.2 Å². The summed E-state index contributed by atoms with van der Waals surface area (Å²) >= 11 is 0. The third-order valence-electron chi connectivity index (χ3n) is 2.60. The smallest absolute Gasteiger partial charge is 0.303 e. The number of anilines is 1. The van der Waals surface area contributed by atoms with Gasteiger partial charge in [-0.1, -0.05) is 6.92 Å². The topological polar surface area (TPSA) is 86.0 Å². The minimum Gasteiger partial charge on any atom is -0.481 e. The summed E-state index contributed by atoms with van der Waals surface area (Å²) in [5.74, 6) is -0.304. The van der Waals surface area contributed by atoms with E-state index in [1.807, 2.05) is 26.8 Å². The molecule has 1 rings (SSSR count). The quantitative estimate of drug-likeness (QED) is 0.832. The molecule has 0 aromatic carbocycles. The van der Waals surface area contributed by atoms with Crippen LogP contribution >= 0.6 is 0 Å². The van der Waals surface area contributed by atoms with E-state index in [1.165, 1.54) is 0 Å². The van der Waals surface area contributed by atoms with E-state index >= 15 is 0 Å². The molecule has 1 aromatic heterocycles. The first-order valence-electron chi connectivity index (χ1n) is 5.78. The number of nitrogens with one attached hydrogen (secondary N) is 1. The lowest BCUT2D eigenvalue weighted by atomic mass is 10.1. The van der Waals surface area contributed by atoms with Gasteiger partial charge in [-0.3, -0.25) is 4.79 Å². The van der Waals surface area contributed by atoms with Crippen LogP contribution in [0.3, 0.4) is 0 Å². The van der Waals surface area contributed by atoms with E-state index in [9.17, 15) is 4.79 Å². The average Bonchev–Trinajstić information content (AvgIpc) is 2.24. The highest BCUT2D eigenvalue weighted by Gasteiger charge is 2.11. The van der Waals surface area contributed by atoms with E-state index in [-0.39, 0.29) is 12.3 Å². The molecule has 1 unspecified atom stereocenters. The average molecular weight is 247 g/mol. The highest BCUT2D eigenvalue weighted by atomic mass is 16.4. The summed E-state index contributed by atoms with van der Waals surface area (Å²) in [7, 11) is 0. The fraction of sp³-hybridized carbons (Fsp3) is 0.462. The molecule has 1 heterocycles. The van der Waals surface area contributed by atoms with Crippen LogP contribution in [0.25, 0.3) is 0 Å². The van der Waals surface area contributed by atoms with E-state index in [4.69, 9.17) is 10.4 Å². The lowest BCUT2D eigenvalue weighted by Crippen LogP contribution is -2.16. The molecular formula is C13H17N3O2. The molecule has 1 aromatic rings. The number of aryl methyl sites for hydroxylation is 2. The fourth-order valence-corrected chi connectivity index (χ4v) is 1.75. The number of rotatable bonds is 5. The summed E-state index contributed by atoms with van der Waals surface area (Å²) in [6, 6.07) is 3.97. The molecule has 0 spiro atoms. The maximum atomic E-state index is 10.6. The van der Waals surface area contributed by atoms with Gasteiger partial charge in [-0.2, -0.15) is 5.26 Å². The van der Waals surface area contributed by atoms with Crippen molar-refractivity contribution in [2.75, 3.05) is 11.9 Å². The largest absolute Gasteiger partial charge is 0.481 e. The SMILES string of the molecule is Cc1cc(C)c(C#N)c(NCC(C)CC(=O)O)n1. The van der Waals surface area contributed by atoms with Gasteiger partial charge in [0.25, 0.3) is 0 Å². The van der Waals surface area contributed by atoms with E-state index in [0.29, 0.717) is 17.9 Å². The number of hydrogen-bond acceptors (Lipinski definition) is 4. The number of aromatic nitrogens is 1. The van der Waals surface area contributed by atoms with Gasteiger partial charge >= 0.3 is 5.97 Å². The van der Waals surface area contributed by atoms with Crippen LogP contribution in [0.2, 0.25) is 0 Å². The van der Waals surface area contributed by atoms with Crippen molar-refractivity contribution >= 4 is 11.8 Å². The molecule has 0 bridgehead atoms. The van der Waals surface area contributed by atoms with Crippen LogP contribution in [0.1, 0.15) is 30.2 Å². The lowest BCUT2D eigenvalue weighted by Gasteiger charge is -2.13. The predicted octanol–water partition coefficient (Wildman–Crippen LogP) is 2.09. The Balaban J connectivity index is 2.79. The molecule has 5 heteroatoms. The molecule has 0 amide bonds. The van der Waals surface area contributed by atoms with Crippen LogP contribution in [-0.2, 0) is 4.79 Å². The summed E-state index contributed by atoms with van der Waals surface area (Å²) in [5.41, 5.74) is 2.22. The van der Waals surface area contributed by atoms with Crippen LogP contribution in [0.5, 0.6) is 0 Å². The number of carboxylic acids is 1. The zero-order chi connectivity index (χ0) is 13.7. The maximum Gasteiger partial charge on any atom is 0.303 e. The molecule has 1 atom stereocenters. The van der Waals surface area contributed by atoms with Crippen molar-refractivity contribution in [2.24, 2.45) is 5.92 Å². The Morgan fingerprint density at radius 2 is 2.28 bits per heavy atom. The summed E-state index contributed by atoms with van der Waals surface area (Å²) in [6.07, 6.45) is 0.0969. The Morgan fingerprint density at radius 3 is 2.83 bits per heavy atom. The Hall–Kier alpha value is -2.09. The Bertz CT molecular complexity index is 492. The van der Waals surface area contributed by atoms with Gasteiger partial charge in [0, 0.05) is 18.7 Å². The number of carboxylic acid groups (broad SMARTS) is 1. The molecule has 0 aliphatic carbocycles. The first-order chi connectivity index (χ1) is 8.43. The summed E-state index contributed by atoms with van der Waals surface area (Å²) in [4.78, 5) is 14.8. The number of aliphatic carboxylic acids is 1. The monoisotopic (exact) mass is 247 g/mol. The molecule has 0 saturated heterocycles. The van der Waals surface area contributed by atoms with Gasteiger partial charge in [0.05, 0.1) is 5.56 Å². The third kappa shape index (κ3) is 3.74. The second-order valence-electron chi connectivity index (χ2n) is 4.50. The first kappa shape index (κ1) is 14.0. The van der Waals surface area contributed by atoms with E-state index < -0.39 is 5.97 Å². The molecule has 0 saturated carbocycles. The zero-order valence-electron chi connectivity index (χ0n) is 10.8. The van der Waals surface area contributed by atoms with Crippen molar-refractivity contribution in [1.82, 2.24) is 4.98 Å². The number of hydrogen-bond donors (Lipinski definition) is 2. The standard InChI is InChI=1S/C13H17N3O2/c1-8(4-12(17)18)7-15-13-11(6-14)9(2)5-10(3)16-13/h5,8H,4,7H2,1-3H3,(H,15,16)(H,17,18). The minimum absolute atomic E-state index is 0.0170. The van der Waals surface area contributed by atoms with Gasteiger partial charge in [0.15, 0.2) is 0 Å². The number of pyridine rings is 1. The van der Waals surface area contributed by atoms with Crippen molar-refractivity contribution in [1.29, 1.82) is 5.26 Å². The summed E-state index contributed by atoms with van der Waals surface area (Å²) < 4.78 is 0. The Morgan fingerprint density at radius 1 is 1.61 bits per heavy atom. The third-order valence-corrected chi connectivity index (χ3v) is 2.60. The highest BCUT2D eigenvalue weighted by Crippen LogP contribution is 2.18. The summed E-state index contributed by atoms with van der Waals surface area (Å²) in [6.45, 7) is 6.05. The van der Waals surface area contributed by atoms with E-state index in [1.54, 1.807) is 0 Å². The van der Waals surface area contributed by atoms with Gasteiger partial charge in [-0.25, -0.2) is 4.98 Å². The number of nitrogens with zero attached hydrogens (tertiary/aromatic N) is 2.